The molecule has 1 aromatic rings. The SMILES string of the molecule is CC1=C(F)C(C(N)CC(=O)O)C(C)(F)C(c2ccccc2C)=C1.Cl. The number of carboxylic acids is 1. The molecule has 24 heavy (non-hydrogen) atoms. The highest BCUT2D eigenvalue weighted by Gasteiger charge is 2.48. The minimum Gasteiger partial charge on any atom is -0.481 e. The van der Waals surface area contributed by atoms with Gasteiger partial charge in [0.15, 0.2) is 0 Å². The van der Waals surface area contributed by atoms with Crippen LogP contribution in [0.15, 0.2) is 41.7 Å². The van der Waals surface area contributed by atoms with Crippen molar-refractivity contribution >= 4 is 23.9 Å². The summed E-state index contributed by atoms with van der Waals surface area (Å²) in [5, 5.41) is 8.91. The molecule has 0 amide bonds. The van der Waals surface area contributed by atoms with Crippen molar-refractivity contribution < 1.29 is 18.7 Å². The fraction of sp³-hybridized carbons (Fsp3) is 0.389. The zero-order valence-electron chi connectivity index (χ0n) is 13.8. The average Bonchev–Trinajstić information content (AvgIpc) is 2.43. The van der Waals surface area contributed by atoms with Gasteiger partial charge in [-0.25, -0.2) is 8.78 Å². The summed E-state index contributed by atoms with van der Waals surface area (Å²) in [6.45, 7) is 4.66. The zero-order chi connectivity index (χ0) is 17.4. The third-order valence-electron chi connectivity index (χ3n) is 4.40. The second-order valence-electron chi connectivity index (χ2n) is 6.22. The number of nitrogens with two attached hydrogens (primary N) is 1. The number of carbonyl (C=O) groups is 1. The Labute approximate surface area is 146 Å². The lowest BCUT2D eigenvalue weighted by atomic mass is 9.71. The van der Waals surface area contributed by atoms with Crippen LogP contribution >= 0.6 is 12.4 Å². The molecule has 6 heteroatoms. The molecule has 132 valence electrons. The van der Waals surface area contributed by atoms with Gasteiger partial charge in [-0.15, -0.1) is 12.4 Å². The van der Waals surface area contributed by atoms with E-state index in [2.05, 4.69) is 0 Å². The van der Waals surface area contributed by atoms with E-state index in [1.54, 1.807) is 19.1 Å². The molecule has 3 unspecified atom stereocenters. The number of carboxylic acid groups (broad SMARTS) is 1. The Morgan fingerprint density at radius 2 is 1.96 bits per heavy atom. The first-order valence-corrected chi connectivity index (χ1v) is 7.47. The third kappa shape index (κ3) is 3.68. The molecule has 1 aliphatic carbocycles. The normalized spacial score (nSPS) is 24.9. The van der Waals surface area contributed by atoms with E-state index in [4.69, 9.17) is 10.8 Å². The second-order valence-corrected chi connectivity index (χ2v) is 6.22. The van der Waals surface area contributed by atoms with Crippen LogP contribution in [0.3, 0.4) is 0 Å². The largest absolute Gasteiger partial charge is 0.481 e. The van der Waals surface area contributed by atoms with Gasteiger partial charge in [0, 0.05) is 6.04 Å². The molecule has 0 aromatic heterocycles. The number of aryl methyl sites for hydroxylation is 1. The van der Waals surface area contributed by atoms with Crippen molar-refractivity contribution in [2.75, 3.05) is 0 Å². The summed E-state index contributed by atoms with van der Waals surface area (Å²) in [7, 11) is 0. The maximum atomic E-state index is 15.6. The topological polar surface area (TPSA) is 63.3 Å². The molecule has 0 aliphatic heterocycles. The van der Waals surface area contributed by atoms with Crippen LogP contribution in [-0.4, -0.2) is 22.8 Å². The quantitative estimate of drug-likeness (QED) is 0.848. The molecule has 2 rings (SSSR count). The molecule has 0 heterocycles. The second kappa shape index (κ2) is 7.45. The molecular formula is C18H22ClF2NO2. The molecule has 0 saturated heterocycles. The smallest absolute Gasteiger partial charge is 0.304 e. The van der Waals surface area contributed by atoms with E-state index in [1.807, 2.05) is 19.1 Å². The van der Waals surface area contributed by atoms with Crippen LogP contribution in [-0.2, 0) is 4.79 Å². The van der Waals surface area contributed by atoms with Crippen molar-refractivity contribution in [2.45, 2.75) is 38.9 Å². The standard InChI is InChI=1S/C18H21F2NO2.ClH/c1-10-6-4-5-7-12(10)13-8-11(2)17(19)16(18(13,3)20)14(21)9-15(22)23;/h4-8,14,16H,9,21H2,1-3H3,(H,22,23);1H. The number of alkyl halides is 1. The summed E-state index contributed by atoms with van der Waals surface area (Å²) in [4.78, 5) is 10.9. The first-order valence-electron chi connectivity index (χ1n) is 7.47. The highest BCUT2D eigenvalue weighted by Crippen LogP contribution is 2.47. The van der Waals surface area contributed by atoms with Crippen LogP contribution in [0.5, 0.6) is 0 Å². The van der Waals surface area contributed by atoms with Gasteiger partial charge in [-0.05, 0) is 49.1 Å². The van der Waals surface area contributed by atoms with Gasteiger partial charge in [0.1, 0.15) is 11.5 Å². The lowest BCUT2D eigenvalue weighted by Crippen LogP contribution is -2.47. The average molecular weight is 358 g/mol. The molecule has 0 radical (unpaired) electrons. The summed E-state index contributed by atoms with van der Waals surface area (Å²) in [5.74, 6) is -3.18. The van der Waals surface area contributed by atoms with Gasteiger partial charge in [-0.3, -0.25) is 4.79 Å². The van der Waals surface area contributed by atoms with E-state index in [0.29, 0.717) is 11.1 Å². The molecule has 0 saturated carbocycles. The molecule has 3 N–H and O–H groups in total. The summed E-state index contributed by atoms with van der Waals surface area (Å²) in [6, 6.07) is 6.10. The number of hydrogen-bond donors (Lipinski definition) is 2. The minimum atomic E-state index is -2.09. The van der Waals surface area contributed by atoms with Gasteiger partial charge in [0.2, 0.25) is 0 Å². The van der Waals surface area contributed by atoms with Gasteiger partial charge in [-0.2, -0.15) is 0 Å². The van der Waals surface area contributed by atoms with Gasteiger partial charge >= 0.3 is 5.97 Å². The first-order chi connectivity index (χ1) is 10.7. The van der Waals surface area contributed by atoms with Crippen LogP contribution in [0.2, 0.25) is 0 Å². The van der Waals surface area contributed by atoms with E-state index in [0.717, 1.165) is 5.56 Å². The minimum absolute atomic E-state index is 0. The van der Waals surface area contributed by atoms with Crippen molar-refractivity contribution in [3.63, 3.8) is 0 Å². The third-order valence-corrected chi connectivity index (χ3v) is 4.40. The Morgan fingerprint density at radius 1 is 1.38 bits per heavy atom. The fourth-order valence-electron chi connectivity index (χ4n) is 3.20. The van der Waals surface area contributed by atoms with E-state index < -0.39 is 35.8 Å². The van der Waals surface area contributed by atoms with Crippen LogP contribution in [0, 0.1) is 12.8 Å². The Morgan fingerprint density at radius 3 is 2.50 bits per heavy atom. The Hall–Kier alpha value is -1.72. The predicted molar refractivity (Wildman–Crippen MR) is 93.4 cm³/mol. The maximum Gasteiger partial charge on any atom is 0.304 e. The van der Waals surface area contributed by atoms with Crippen molar-refractivity contribution in [3.05, 3.63) is 52.9 Å². The van der Waals surface area contributed by atoms with Crippen molar-refractivity contribution in [2.24, 2.45) is 11.7 Å². The molecule has 3 atom stereocenters. The van der Waals surface area contributed by atoms with E-state index in [1.165, 1.54) is 13.0 Å². The number of hydrogen-bond acceptors (Lipinski definition) is 2. The number of aliphatic carboxylic acids is 1. The Bertz CT molecular complexity index is 698. The maximum absolute atomic E-state index is 15.6. The van der Waals surface area contributed by atoms with Crippen LogP contribution in [0.1, 0.15) is 31.4 Å². The van der Waals surface area contributed by atoms with E-state index >= 15 is 4.39 Å². The lowest BCUT2D eigenvalue weighted by Gasteiger charge is -2.39. The molecule has 1 aliphatic rings. The number of allylic oxidation sites excluding steroid dienone is 3. The zero-order valence-corrected chi connectivity index (χ0v) is 14.7. The number of halogens is 3. The molecule has 3 nitrogen and oxygen atoms in total. The summed E-state index contributed by atoms with van der Waals surface area (Å²) in [5.41, 5.74) is 5.90. The van der Waals surface area contributed by atoms with Crippen molar-refractivity contribution in [1.82, 2.24) is 0 Å². The highest BCUT2D eigenvalue weighted by molar-refractivity contribution is 5.85. The van der Waals surface area contributed by atoms with Gasteiger partial charge < -0.3 is 10.8 Å². The monoisotopic (exact) mass is 357 g/mol. The lowest BCUT2D eigenvalue weighted by molar-refractivity contribution is -0.137. The number of benzene rings is 1. The molecule has 0 spiro atoms. The van der Waals surface area contributed by atoms with Crippen LogP contribution in [0.4, 0.5) is 8.78 Å². The number of rotatable bonds is 4. The van der Waals surface area contributed by atoms with Crippen LogP contribution < -0.4 is 5.73 Å². The van der Waals surface area contributed by atoms with E-state index in [9.17, 15) is 9.18 Å². The summed E-state index contributed by atoms with van der Waals surface area (Å²) < 4.78 is 30.1. The van der Waals surface area contributed by atoms with Crippen LogP contribution in [0.25, 0.3) is 5.57 Å². The predicted octanol–water partition coefficient (Wildman–Crippen LogP) is 4.20. The fourth-order valence-corrected chi connectivity index (χ4v) is 3.20. The summed E-state index contributed by atoms with van der Waals surface area (Å²) >= 11 is 0. The molecular weight excluding hydrogens is 336 g/mol. The van der Waals surface area contributed by atoms with Gasteiger partial charge in [0.25, 0.3) is 0 Å². The highest BCUT2D eigenvalue weighted by atomic mass is 35.5. The molecule has 0 fully saturated rings. The Balaban J connectivity index is 0.00000288. The molecule has 1 aromatic carbocycles. The first kappa shape index (κ1) is 20.3. The van der Waals surface area contributed by atoms with Crippen molar-refractivity contribution in [3.8, 4) is 0 Å². The Kier molecular flexibility index (Phi) is 6.31. The molecule has 0 bridgehead atoms. The summed E-state index contributed by atoms with van der Waals surface area (Å²) in [6.07, 6.45) is 0.994. The van der Waals surface area contributed by atoms with Crippen molar-refractivity contribution in [1.29, 1.82) is 0 Å². The van der Waals surface area contributed by atoms with Gasteiger partial charge in [0.05, 0.1) is 12.3 Å². The van der Waals surface area contributed by atoms with Gasteiger partial charge in [-0.1, -0.05) is 24.3 Å². The van der Waals surface area contributed by atoms with E-state index in [-0.39, 0.29) is 18.0 Å².